The molecular weight excluding hydrogens is 490 g/mol. The van der Waals surface area contributed by atoms with Crippen LogP contribution in [0.4, 0.5) is 0 Å². The first-order valence-corrected chi connectivity index (χ1v) is 14.2. The summed E-state index contributed by atoms with van der Waals surface area (Å²) in [5.41, 5.74) is 3.27. The van der Waals surface area contributed by atoms with Gasteiger partial charge in [0.15, 0.2) is 0 Å². The molecule has 1 atom stereocenters. The molecule has 2 fully saturated rings. The third-order valence-corrected chi connectivity index (χ3v) is 8.30. The number of benzene rings is 2. The fourth-order valence-corrected chi connectivity index (χ4v) is 5.78. The second kappa shape index (κ2) is 12.0. The molecule has 2 amide bonds. The Morgan fingerprint density at radius 1 is 1.05 bits per heavy atom. The van der Waals surface area contributed by atoms with Gasteiger partial charge in [-0.15, -0.1) is 0 Å². The van der Waals surface area contributed by atoms with E-state index in [-0.39, 0.29) is 17.7 Å². The molecule has 3 aliphatic rings. The average Bonchev–Trinajstić information content (AvgIpc) is 3.56. The molecule has 2 aromatic carbocycles. The summed E-state index contributed by atoms with van der Waals surface area (Å²) < 4.78 is 0. The predicted molar refractivity (Wildman–Crippen MR) is 150 cm³/mol. The summed E-state index contributed by atoms with van der Waals surface area (Å²) in [6, 6.07) is 18.0. The van der Waals surface area contributed by atoms with Crippen molar-refractivity contribution in [3.63, 3.8) is 0 Å². The fraction of sp³-hybridized carbons (Fsp3) is 0.438. The van der Waals surface area contributed by atoms with Crippen molar-refractivity contribution in [2.45, 2.75) is 70.3 Å². The second-order valence-corrected chi connectivity index (χ2v) is 11.1. The van der Waals surface area contributed by atoms with Crippen molar-refractivity contribution in [2.75, 3.05) is 6.54 Å². The van der Waals surface area contributed by atoms with Gasteiger partial charge in [-0.25, -0.2) is 5.01 Å². The van der Waals surface area contributed by atoms with Gasteiger partial charge in [0.05, 0.1) is 23.6 Å². The minimum absolute atomic E-state index is 0.0204. The van der Waals surface area contributed by atoms with Gasteiger partial charge in [-0.1, -0.05) is 79.6 Å². The Bertz CT molecular complexity index is 1240. The Kier molecular flexibility index (Phi) is 8.24. The van der Waals surface area contributed by atoms with Crippen LogP contribution in [0.15, 0.2) is 71.9 Å². The summed E-state index contributed by atoms with van der Waals surface area (Å²) in [5.74, 6) is -0.605. The van der Waals surface area contributed by atoms with Crippen molar-refractivity contribution < 1.29 is 19.5 Å². The van der Waals surface area contributed by atoms with Crippen LogP contribution >= 0.6 is 0 Å². The molecule has 1 heterocycles. The fourth-order valence-electron chi connectivity index (χ4n) is 5.78. The van der Waals surface area contributed by atoms with Crippen LogP contribution in [0, 0.1) is 11.3 Å². The van der Waals surface area contributed by atoms with E-state index in [2.05, 4.69) is 10.4 Å². The van der Waals surface area contributed by atoms with Gasteiger partial charge in [-0.2, -0.15) is 5.10 Å². The topological polar surface area (TPSA) is 99.1 Å². The SMILES string of the molecule is O=C(NCC/C=C/C1(C(=O)O)CC1)C(c1ccc(CN2N=C(c3ccccc3)CCC2=O)cc1)C1CCCC1. The molecule has 7 heteroatoms. The Morgan fingerprint density at radius 3 is 2.44 bits per heavy atom. The summed E-state index contributed by atoms with van der Waals surface area (Å²) in [4.78, 5) is 37.2. The van der Waals surface area contributed by atoms with E-state index < -0.39 is 11.4 Å². The Morgan fingerprint density at radius 2 is 1.77 bits per heavy atom. The molecule has 2 saturated carbocycles. The van der Waals surface area contributed by atoms with Gasteiger partial charge >= 0.3 is 5.97 Å². The summed E-state index contributed by atoms with van der Waals surface area (Å²) in [5, 5.41) is 18.6. The molecular formula is C32H37N3O4. The Balaban J connectivity index is 1.22. The molecule has 2 aliphatic carbocycles. The number of carboxylic acid groups (broad SMARTS) is 1. The number of carbonyl (C=O) groups is 3. The summed E-state index contributed by atoms with van der Waals surface area (Å²) >= 11 is 0. The lowest BCUT2D eigenvalue weighted by atomic mass is 9.83. The number of aliphatic carboxylic acids is 1. The number of rotatable bonds is 11. The molecule has 39 heavy (non-hydrogen) atoms. The number of hydrazone groups is 1. The van der Waals surface area contributed by atoms with Gasteiger partial charge in [-0.05, 0) is 54.7 Å². The standard InChI is InChI=1S/C32H37N3O4/c36-28-17-16-27(24-8-2-1-3-9-24)34-35(28)22-23-12-14-26(15-13-23)29(25-10-4-5-11-25)30(37)33-21-7-6-18-32(19-20-32)31(38)39/h1-3,6,8-9,12-15,18,25,29H,4-5,7,10-11,16-17,19-22H2,(H,33,37)(H,38,39)/b18-6+. The average molecular weight is 528 g/mol. The molecule has 0 radical (unpaired) electrons. The molecule has 204 valence electrons. The Hall–Kier alpha value is -3.74. The van der Waals surface area contributed by atoms with E-state index in [0.29, 0.717) is 51.1 Å². The third kappa shape index (κ3) is 6.47. The Labute approximate surface area is 230 Å². The van der Waals surface area contributed by atoms with Crippen LogP contribution < -0.4 is 5.32 Å². The zero-order valence-electron chi connectivity index (χ0n) is 22.4. The smallest absolute Gasteiger partial charge is 0.313 e. The molecule has 2 N–H and O–H groups in total. The third-order valence-electron chi connectivity index (χ3n) is 8.30. The van der Waals surface area contributed by atoms with Crippen LogP contribution in [0.5, 0.6) is 0 Å². The highest BCUT2D eigenvalue weighted by Gasteiger charge is 2.47. The van der Waals surface area contributed by atoms with Crippen LogP contribution in [0.3, 0.4) is 0 Å². The van der Waals surface area contributed by atoms with Crippen molar-refractivity contribution in [3.8, 4) is 0 Å². The number of nitrogens with zero attached hydrogens (tertiary/aromatic N) is 2. The van der Waals surface area contributed by atoms with Crippen molar-refractivity contribution in [1.29, 1.82) is 0 Å². The van der Waals surface area contributed by atoms with E-state index >= 15 is 0 Å². The van der Waals surface area contributed by atoms with Crippen molar-refractivity contribution >= 4 is 23.5 Å². The predicted octanol–water partition coefficient (Wildman–Crippen LogP) is 5.41. The first kappa shape index (κ1) is 26.9. The van der Waals surface area contributed by atoms with Crippen LogP contribution in [-0.2, 0) is 20.9 Å². The molecule has 0 aromatic heterocycles. The molecule has 0 saturated heterocycles. The van der Waals surface area contributed by atoms with Gasteiger partial charge < -0.3 is 10.4 Å². The van der Waals surface area contributed by atoms with E-state index in [1.807, 2.05) is 60.7 Å². The number of carbonyl (C=O) groups excluding carboxylic acids is 2. The molecule has 1 unspecified atom stereocenters. The number of nitrogens with one attached hydrogen (secondary N) is 1. The maximum absolute atomic E-state index is 13.3. The zero-order valence-corrected chi connectivity index (χ0v) is 22.4. The van der Waals surface area contributed by atoms with Gasteiger partial charge in [0.2, 0.25) is 11.8 Å². The highest BCUT2D eigenvalue weighted by Crippen LogP contribution is 2.47. The highest BCUT2D eigenvalue weighted by atomic mass is 16.4. The lowest BCUT2D eigenvalue weighted by Crippen LogP contribution is -2.33. The number of amides is 2. The van der Waals surface area contributed by atoms with E-state index in [0.717, 1.165) is 48.1 Å². The number of carboxylic acids is 1. The summed E-state index contributed by atoms with van der Waals surface area (Å²) in [7, 11) is 0. The van der Waals surface area contributed by atoms with Crippen molar-refractivity contribution in [1.82, 2.24) is 10.3 Å². The van der Waals surface area contributed by atoms with Gasteiger partial charge in [0.25, 0.3) is 0 Å². The van der Waals surface area contributed by atoms with Crippen LogP contribution in [-0.4, -0.2) is 40.2 Å². The largest absolute Gasteiger partial charge is 0.481 e. The van der Waals surface area contributed by atoms with Gasteiger partial charge in [0, 0.05) is 19.4 Å². The van der Waals surface area contributed by atoms with Crippen molar-refractivity contribution in [3.05, 3.63) is 83.4 Å². The van der Waals surface area contributed by atoms with Crippen LogP contribution in [0.25, 0.3) is 0 Å². The highest BCUT2D eigenvalue weighted by molar-refractivity contribution is 6.04. The van der Waals surface area contributed by atoms with Crippen molar-refractivity contribution in [2.24, 2.45) is 16.4 Å². The van der Waals surface area contributed by atoms with Crippen LogP contribution in [0.2, 0.25) is 0 Å². The van der Waals surface area contributed by atoms with E-state index in [1.54, 1.807) is 11.1 Å². The lowest BCUT2D eigenvalue weighted by Gasteiger charge is -2.25. The summed E-state index contributed by atoms with van der Waals surface area (Å²) in [6.45, 7) is 0.894. The monoisotopic (exact) mass is 527 g/mol. The van der Waals surface area contributed by atoms with E-state index in [9.17, 15) is 19.5 Å². The molecule has 0 spiro atoms. The first-order valence-electron chi connectivity index (χ1n) is 14.2. The molecule has 5 rings (SSSR count). The quantitative estimate of drug-likeness (QED) is 0.301. The molecule has 1 aliphatic heterocycles. The lowest BCUT2D eigenvalue weighted by molar-refractivity contribution is -0.141. The zero-order chi connectivity index (χ0) is 27.2. The second-order valence-electron chi connectivity index (χ2n) is 11.1. The van der Waals surface area contributed by atoms with Gasteiger partial charge in [-0.3, -0.25) is 14.4 Å². The maximum Gasteiger partial charge on any atom is 0.313 e. The number of hydrogen-bond acceptors (Lipinski definition) is 4. The maximum atomic E-state index is 13.3. The minimum atomic E-state index is -0.763. The minimum Gasteiger partial charge on any atom is -0.481 e. The molecule has 0 bridgehead atoms. The van der Waals surface area contributed by atoms with E-state index in [1.165, 1.54) is 0 Å². The van der Waals surface area contributed by atoms with Crippen LogP contribution in [0.1, 0.15) is 80.4 Å². The van der Waals surface area contributed by atoms with Gasteiger partial charge in [0.1, 0.15) is 0 Å². The molecule has 2 aromatic rings. The summed E-state index contributed by atoms with van der Waals surface area (Å²) in [6.07, 6.45) is 11.1. The number of hydrogen-bond donors (Lipinski definition) is 2. The van der Waals surface area contributed by atoms with E-state index in [4.69, 9.17) is 0 Å². The normalized spacial score (nSPS) is 19.6. The first-order chi connectivity index (χ1) is 18.9. The molecule has 7 nitrogen and oxygen atoms in total.